The van der Waals surface area contributed by atoms with Gasteiger partial charge < -0.3 is 9.90 Å². The van der Waals surface area contributed by atoms with Crippen molar-refractivity contribution in [2.24, 2.45) is 11.3 Å². The topological polar surface area (TPSA) is 126 Å². The van der Waals surface area contributed by atoms with Gasteiger partial charge >= 0.3 is 0 Å². The molecule has 2 unspecified atom stereocenters. The number of rotatable bonds is 7. The van der Waals surface area contributed by atoms with E-state index in [1.807, 2.05) is 6.92 Å². The monoisotopic (exact) mass is 297 g/mol. The molecule has 0 heterocycles. The number of carboxylic acid groups (broad SMARTS) is 1. The highest BCUT2D eigenvalue weighted by atomic mass is 16.6. The van der Waals surface area contributed by atoms with Crippen LogP contribution in [0.15, 0.2) is 23.5 Å². The Hall–Kier alpha value is -2.25. The van der Waals surface area contributed by atoms with Crippen molar-refractivity contribution in [1.82, 2.24) is 0 Å². The third-order valence-electron chi connectivity index (χ3n) is 3.83. The molecule has 21 heavy (non-hydrogen) atoms. The number of hydrogen-bond donors (Lipinski definition) is 0. The number of unbranched alkanes of at least 4 members (excludes halogenated alkanes) is 1. The zero-order chi connectivity index (χ0) is 16.2. The Morgan fingerprint density at radius 1 is 1.29 bits per heavy atom. The zero-order valence-electron chi connectivity index (χ0n) is 11.9. The van der Waals surface area contributed by atoms with Gasteiger partial charge in [-0.25, -0.2) is 0 Å². The van der Waals surface area contributed by atoms with Gasteiger partial charge in [-0.15, -0.1) is 0 Å². The first-order valence-corrected chi connectivity index (χ1v) is 6.74. The third kappa shape index (κ3) is 3.09. The van der Waals surface area contributed by atoms with Gasteiger partial charge in [0.1, 0.15) is 0 Å². The molecule has 0 saturated heterocycles. The summed E-state index contributed by atoms with van der Waals surface area (Å²) in [4.78, 5) is 32.2. The lowest BCUT2D eigenvalue weighted by Crippen LogP contribution is -2.49. The maximum Gasteiger partial charge on any atom is 0.272 e. The fraction of sp³-hybridized carbons (Fsp3) is 0.615. The molecule has 0 aromatic heterocycles. The van der Waals surface area contributed by atoms with E-state index in [1.165, 1.54) is 0 Å². The van der Waals surface area contributed by atoms with Crippen LogP contribution in [-0.2, 0) is 4.79 Å². The number of hydrogen-bond acceptors (Lipinski definition) is 6. The fourth-order valence-corrected chi connectivity index (χ4v) is 2.80. The molecular formula is C13H17N2O6-. The molecule has 0 aromatic carbocycles. The van der Waals surface area contributed by atoms with Gasteiger partial charge in [0.15, 0.2) is 0 Å². The number of allylic oxidation sites excluding steroid dienone is 2. The Kier molecular flexibility index (Phi) is 5.17. The van der Waals surface area contributed by atoms with E-state index >= 15 is 0 Å². The van der Waals surface area contributed by atoms with Crippen molar-refractivity contribution in [3.63, 3.8) is 0 Å². The summed E-state index contributed by atoms with van der Waals surface area (Å²) in [7, 11) is 0. The molecule has 0 fully saturated rings. The van der Waals surface area contributed by atoms with Crippen LogP contribution in [0, 0.1) is 31.6 Å². The average molecular weight is 297 g/mol. The largest absolute Gasteiger partial charge is 0.549 e. The third-order valence-corrected chi connectivity index (χ3v) is 3.83. The van der Waals surface area contributed by atoms with E-state index in [1.54, 1.807) is 6.92 Å². The van der Waals surface area contributed by atoms with E-state index in [9.17, 15) is 30.1 Å². The zero-order valence-corrected chi connectivity index (χ0v) is 11.9. The number of nitro groups is 2. The van der Waals surface area contributed by atoms with Crippen molar-refractivity contribution in [2.75, 3.05) is 0 Å². The van der Waals surface area contributed by atoms with Crippen LogP contribution in [0.4, 0.5) is 0 Å². The van der Waals surface area contributed by atoms with Crippen LogP contribution >= 0.6 is 0 Å². The highest BCUT2D eigenvalue weighted by molar-refractivity contribution is 5.77. The summed E-state index contributed by atoms with van der Waals surface area (Å²) in [5, 5.41) is 33.8. The number of carbonyl (C=O) groups is 1. The Balaban J connectivity index is 3.49. The van der Waals surface area contributed by atoms with Crippen LogP contribution in [0.2, 0.25) is 0 Å². The minimum absolute atomic E-state index is 0.0762. The molecule has 116 valence electrons. The first kappa shape index (κ1) is 16.8. The molecule has 0 spiro atoms. The van der Waals surface area contributed by atoms with Crippen molar-refractivity contribution in [3.8, 4) is 0 Å². The Morgan fingerprint density at radius 2 is 1.90 bits per heavy atom. The molecule has 0 radical (unpaired) electrons. The number of nitrogens with zero attached hydrogens (tertiary/aromatic N) is 2. The van der Waals surface area contributed by atoms with Crippen molar-refractivity contribution in [2.45, 2.75) is 39.5 Å². The first-order valence-electron chi connectivity index (χ1n) is 6.74. The highest BCUT2D eigenvalue weighted by Crippen LogP contribution is 2.45. The second kappa shape index (κ2) is 6.47. The smallest absolute Gasteiger partial charge is 0.272 e. The van der Waals surface area contributed by atoms with E-state index < -0.39 is 38.5 Å². The number of aliphatic carboxylic acids is 1. The van der Waals surface area contributed by atoms with Crippen molar-refractivity contribution in [3.05, 3.63) is 43.8 Å². The lowest BCUT2D eigenvalue weighted by atomic mass is 9.66. The van der Waals surface area contributed by atoms with Gasteiger partial charge in [-0.3, -0.25) is 20.2 Å². The predicted octanol–water partition coefficient (Wildman–Crippen LogP) is 1.27. The number of carboxylic acids is 1. The average Bonchev–Trinajstić information content (AvgIpc) is 2.43. The SMILES string of the molecule is CCCCC1(C(=O)[O-])C=C([N+](=O)[O-])C=C([N+](=O)[O-])C1CC. The maximum absolute atomic E-state index is 11.7. The van der Waals surface area contributed by atoms with E-state index in [2.05, 4.69) is 0 Å². The van der Waals surface area contributed by atoms with Crippen molar-refractivity contribution in [1.29, 1.82) is 0 Å². The summed E-state index contributed by atoms with van der Waals surface area (Å²) in [5.74, 6) is -2.44. The molecule has 0 aromatic rings. The molecule has 8 heteroatoms. The van der Waals surface area contributed by atoms with E-state index in [0.717, 1.165) is 12.2 Å². The number of carbonyl (C=O) groups excluding carboxylic acids is 1. The molecule has 1 aliphatic rings. The van der Waals surface area contributed by atoms with Crippen molar-refractivity contribution >= 4 is 5.97 Å². The maximum atomic E-state index is 11.7. The summed E-state index contributed by atoms with van der Waals surface area (Å²) in [6.45, 7) is 3.46. The molecular weight excluding hydrogens is 280 g/mol. The van der Waals surface area contributed by atoms with Gasteiger partial charge in [-0.1, -0.05) is 26.7 Å². The summed E-state index contributed by atoms with van der Waals surface area (Å²) < 4.78 is 0. The van der Waals surface area contributed by atoms with Crippen LogP contribution in [0.25, 0.3) is 0 Å². The fourth-order valence-electron chi connectivity index (χ4n) is 2.80. The highest BCUT2D eigenvalue weighted by Gasteiger charge is 2.48. The molecule has 0 aliphatic heterocycles. The van der Waals surface area contributed by atoms with Crippen LogP contribution < -0.4 is 5.11 Å². The second-order valence-corrected chi connectivity index (χ2v) is 5.04. The molecule has 0 bridgehead atoms. The second-order valence-electron chi connectivity index (χ2n) is 5.04. The standard InChI is InChI=1S/C13H18N2O6/c1-3-5-6-13(12(16)17)8-9(14(18)19)7-11(15(20)21)10(13)4-2/h7-8,10H,3-6H2,1-2H3,(H,16,17)/p-1. The predicted molar refractivity (Wildman–Crippen MR) is 70.9 cm³/mol. The van der Waals surface area contributed by atoms with E-state index in [0.29, 0.717) is 12.8 Å². The van der Waals surface area contributed by atoms with E-state index in [-0.39, 0.29) is 12.8 Å². The van der Waals surface area contributed by atoms with Gasteiger partial charge in [-0.05, 0) is 12.8 Å². The molecule has 0 N–H and O–H groups in total. The van der Waals surface area contributed by atoms with Gasteiger partial charge in [0.2, 0.25) is 0 Å². The Bertz CT molecular complexity index is 525. The van der Waals surface area contributed by atoms with Gasteiger partial charge in [-0.2, -0.15) is 0 Å². The summed E-state index contributed by atoms with van der Waals surface area (Å²) >= 11 is 0. The van der Waals surface area contributed by atoms with E-state index in [4.69, 9.17) is 0 Å². The molecule has 8 nitrogen and oxygen atoms in total. The first-order chi connectivity index (χ1) is 9.80. The van der Waals surface area contributed by atoms with Gasteiger partial charge in [0, 0.05) is 11.5 Å². The summed E-state index contributed by atoms with van der Waals surface area (Å²) in [6, 6.07) is 0. The molecule has 1 aliphatic carbocycles. The van der Waals surface area contributed by atoms with Gasteiger partial charge in [0.25, 0.3) is 11.4 Å². The van der Waals surface area contributed by atoms with Crippen LogP contribution in [0.1, 0.15) is 39.5 Å². The Morgan fingerprint density at radius 3 is 2.29 bits per heavy atom. The van der Waals surface area contributed by atoms with Crippen LogP contribution in [0.5, 0.6) is 0 Å². The molecule has 1 rings (SSSR count). The lowest BCUT2D eigenvalue weighted by Gasteiger charge is -2.38. The normalized spacial score (nSPS) is 25.0. The minimum atomic E-state index is -1.70. The lowest BCUT2D eigenvalue weighted by molar-refractivity contribution is -0.447. The summed E-state index contributed by atoms with van der Waals surface area (Å²) in [6.07, 6.45) is 3.28. The molecule has 2 atom stereocenters. The molecule has 0 saturated carbocycles. The quantitative estimate of drug-likeness (QED) is 0.514. The van der Waals surface area contributed by atoms with Crippen LogP contribution in [0.3, 0.4) is 0 Å². The van der Waals surface area contributed by atoms with Gasteiger partial charge in [0.05, 0.1) is 27.8 Å². The van der Waals surface area contributed by atoms with Crippen molar-refractivity contribution < 1.29 is 19.7 Å². The minimum Gasteiger partial charge on any atom is -0.549 e. The van der Waals surface area contributed by atoms with Crippen LogP contribution in [-0.4, -0.2) is 15.8 Å². The summed E-state index contributed by atoms with van der Waals surface area (Å²) in [5.41, 5.74) is -2.71. The Labute approximate surface area is 121 Å². The molecule has 0 amide bonds.